The zero-order chi connectivity index (χ0) is 15.1. The Bertz CT molecular complexity index is 652. The van der Waals surface area contributed by atoms with Crippen molar-refractivity contribution in [3.8, 4) is 5.69 Å². The molecule has 0 saturated heterocycles. The molecule has 1 aromatic carbocycles. The highest BCUT2D eigenvalue weighted by molar-refractivity contribution is 6.33. The minimum Gasteiger partial charge on any atom is -0.478 e. The summed E-state index contributed by atoms with van der Waals surface area (Å²) in [7, 11) is 0. The number of aryl methyl sites for hydroxylation is 1. The fourth-order valence-electron chi connectivity index (χ4n) is 1.97. The molecule has 5 heteroatoms. The highest BCUT2D eigenvalue weighted by Gasteiger charge is 2.30. The molecule has 0 radical (unpaired) electrons. The van der Waals surface area contributed by atoms with Crippen molar-refractivity contribution in [2.75, 3.05) is 0 Å². The van der Waals surface area contributed by atoms with Crippen LogP contribution in [0.3, 0.4) is 0 Å². The van der Waals surface area contributed by atoms with Crippen LogP contribution in [0.15, 0.2) is 24.3 Å². The minimum absolute atomic E-state index is 0.0692. The lowest BCUT2D eigenvalue weighted by Crippen LogP contribution is -2.16. The van der Waals surface area contributed by atoms with E-state index >= 15 is 0 Å². The Labute approximate surface area is 123 Å². The Hall–Kier alpha value is -1.81. The van der Waals surface area contributed by atoms with Crippen molar-refractivity contribution in [2.24, 2.45) is 0 Å². The van der Waals surface area contributed by atoms with Crippen LogP contribution < -0.4 is 0 Å². The van der Waals surface area contributed by atoms with Crippen molar-refractivity contribution in [2.45, 2.75) is 33.1 Å². The maximum atomic E-state index is 11.5. The summed E-state index contributed by atoms with van der Waals surface area (Å²) >= 11 is 6.22. The van der Waals surface area contributed by atoms with E-state index in [0.29, 0.717) is 5.69 Å². The first kappa shape index (κ1) is 14.6. The van der Waals surface area contributed by atoms with Gasteiger partial charge in [0.05, 0.1) is 11.4 Å². The Kier molecular flexibility index (Phi) is 3.61. The van der Waals surface area contributed by atoms with E-state index in [-0.39, 0.29) is 10.7 Å². The van der Waals surface area contributed by atoms with Crippen molar-refractivity contribution in [3.63, 3.8) is 0 Å². The third kappa shape index (κ3) is 2.56. The minimum atomic E-state index is -1.06. The van der Waals surface area contributed by atoms with E-state index in [2.05, 4.69) is 5.10 Å². The van der Waals surface area contributed by atoms with E-state index in [1.165, 1.54) is 4.68 Å². The molecule has 1 heterocycles. The fraction of sp³-hybridized carbons (Fsp3) is 0.333. The lowest BCUT2D eigenvalue weighted by atomic mass is 9.89. The van der Waals surface area contributed by atoms with Gasteiger partial charge in [-0.3, -0.25) is 0 Å². The molecule has 0 amide bonds. The second-order valence-electron chi connectivity index (χ2n) is 5.82. The van der Waals surface area contributed by atoms with Crippen LogP contribution in [-0.4, -0.2) is 20.9 Å². The lowest BCUT2D eigenvalue weighted by molar-refractivity contribution is 0.0694. The van der Waals surface area contributed by atoms with E-state index < -0.39 is 11.4 Å². The zero-order valence-electron chi connectivity index (χ0n) is 11.9. The molecule has 0 fully saturated rings. The van der Waals surface area contributed by atoms with Gasteiger partial charge in [0.2, 0.25) is 0 Å². The molecule has 0 spiro atoms. The fourth-order valence-corrected chi connectivity index (χ4v) is 2.27. The molecule has 2 aromatic rings. The van der Waals surface area contributed by atoms with E-state index in [4.69, 9.17) is 11.6 Å². The topological polar surface area (TPSA) is 55.1 Å². The Morgan fingerprint density at radius 2 is 1.80 bits per heavy atom. The van der Waals surface area contributed by atoms with Gasteiger partial charge in [0.25, 0.3) is 0 Å². The summed E-state index contributed by atoms with van der Waals surface area (Å²) in [6, 6.07) is 7.60. The molecular weight excluding hydrogens is 276 g/mol. The number of nitrogens with zero attached hydrogens (tertiary/aromatic N) is 2. The normalized spacial score (nSPS) is 11.7. The Morgan fingerprint density at radius 1 is 1.25 bits per heavy atom. The summed E-state index contributed by atoms with van der Waals surface area (Å²) in [6.07, 6.45) is 0. The van der Waals surface area contributed by atoms with Crippen LogP contribution in [-0.2, 0) is 5.41 Å². The predicted molar refractivity (Wildman–Crippen MR) is 79.0 cm³/mol. The van der Waals surface area contributed by atoms with E-state index in [9.17, 15) is 9.90 Å². The monoisotopic (exact) mass is 292 g/mol. The average Bonchev–Trinajstić information content (AvgIpc) is 2.68. The average molecular weight is 293 g/mol. The van der Waals surface area contributed by atoms with Gasteiger partial charge >= 0.3 is 5.97 Å². The van der Waals surface area contributed by atoms with Crippen molar-refractivity contribution in [3.05, 3.63) is 46.2 Å². The van der Waals surface area contributed by atoms with Crippen molar-refractivity contribution in [1.82, 2.24) is 9.78 Å². The molecule has 0 bridgehead atoms. The first-order chi connectivity index (χ1) is 9.21. The highest BCUT2D eigenvalue weighted by Crippen LogP contribution is 2.31. The van der Waals surface area contributed by atoms with Crippen molar-refractivity contribution in [1.29, 1.82) is 0 Å². The predicted octanol–water partition coefficient (Wildman–Crippen LogP) is 3.83. The summed E-state index contributed by atoms with van der Waals surface area (Å²) in [5.74, 6) is -1.06. The van der Waals surface area contributed by atoms with E-state index in [1.807, 2.05) is 52.0 Å². The largest absolute Gasteiger partial charge is 0.478 e. The third-order valence-corrected chi connectivity index (χ3v) is 3.38. The summed E-state index contributed by atoms with van der Waals surface area (Å²) in [5, 5.41) is 13.9. The standard InChI is InChI=1S/C15H17ClN2O2/c1-9-5-7-10(8-6-9)18-13(16)11(14(19)20)12(17-18)15(2,3)4/h5-8H,1-4H3,(H,19,20). The van der Waals surface area contributed by atoms with Crippen molar-refractivity contribution < 1.29 is 9.90 Å². The molecule has 0 saturated carbocycles. The summed E-state index contributed by atoms with van der Waals surface area (Å²) < 4.78 is 1.48. The summed E-state index contributed by atoms with van der Waals surface area (Å²) in [6.45, 7) is 7.73. The summed E-state index contributed by atoms with van der Waals surface area (Å²) in [5.41, 5.74) is 2.02. The number of aromatic carboxylic acids is 1. The maximum Gasteiger partial charge on any atom is 0.340 e. The molecule has 1 N–H and O–H groups in total. The number of aromatic nitrogens is 2. The number of carbonyl (C=O) groups is 1. The molecule has 0 atom stereocenters. The number of carboxylic acid groups (broad SMARTS) is 1. The van der Waals surface area contributed by atoms with Gasteiger partial charge in [0, 0.05) is 5.41 Å². The van der Waals surface area contributed by atoms with Gasteiger partial charge in [0.15, 0.2) is 0 Å². The van der Waals surface area contributed by atoms with Crippen LogP contribution in [0.2, 0.25) is 5.15 Å². The van der Waals surface area contributed by atoms with Gasteiger partial charge in [0.1, 0.15) is 10.7 Å². The third-order valence-electron chi connectivity index (χ3n) is 3.03. The summed E-state index contributed by atoms with van der Waals surface area (Å²) in [4.78, 5) is 11.5. The smallest absolute Gasteiger partial charge is 0.340 e. The highest BCUT2D eigenvalue weighted by atomic mass is 35.5. The Morgan fingerprint density at radius 3 is 2.20 bits per heavy atom. The SMILES string of the molecule is Cc1ccc(-n2nc(C(C)(C)C)c(C(=O)O)c2Cl)cc1. The number of benzene rings is 1. The van der Waals surface area contributed by atoms with Crippen LogP contribution in [0, 0.1) is 6.92 Å². The molecule has 0 aliphatic heterocycles. The van der Waals surface area contributed by atoms with Gasteiger partial charge in [-0.05, 0) is 19.1 Å². The van der Waals surface area contributed by atoms with Crippen LogP contribution in [0.25, 0.3) is 5.69 Å². The number of halogens is 1. The molecular formula is C15H17ClN2O2. The molecule has 106 valence electrons. The van der Waals surface area contributed by atoms with Gasteiger partial charge in [-0.15, -0.1) is 0 Å². The van der Waals surface area contributed by atoms with Crippen LogP contribution in [0.1, 0.15) is 42.4 Å². The zero-order valence-corrected chi connectivity index (χ0v) is 12.7. The number of rotatable bonds is 2. The van der Waals surface area contributed by atoms with Crippen LogP contribution in [0.5, 0.6) is 0 Å². The number of hydrogen-bond acceptors (Lipinski definition) is 2. The van der Waals surface area contributed by atoms with Gasteiger partial charge in [-0.2, -0.15) is 5.10 Å². The van der Waals surface area contributed by atoms with E-state index in [1.54, 1.807) is 0 Å². The number of hydrogen-bond donors (Lipinski definition) is 1. The van der Waals surface area contributed by atoms with Crippen LogP contribution >= 0.6 is 11.6 Å². The van der Waals surface area contributed by atoms with Crippen molar-refractivity contribution >= 4 is 17.6 Å². The molecule has 1 aromatic heterocycles. The molecule has 20 heavy (non-hydrogen) atoms. The lowest BCUT2D eigenvalue weighted by Gasteiger charge is -2.15. The second-order valence-corrected chi connectivity index (χ2v) is 6.17. The van der Waals surface area contributed by atoms with Crippen LogP contribution in [0.4, 0.5) is 0 Å². The first-order valence-corrected chi connectivity index (χ1v) is 6.69. The number of carboxylic acids is 1. The quantitative estimate of drug-likeness (QED) is 0.915. The maximum absolute atomic E-state index is 11.5. The van der Waals surface area contributed by atoms with Gasteiger partial charge in [-0.25, -0.2) is 9.48 Å². The molecule has 0 aliphatic rings. The van der Waals surface area contributed by atoms with Gasteiger partial charge < -0.3 is 5.11 Å². The molecule has 0 aliphatic carbocycles. The van der Waals surface area contributed by atoms with Gasteiger partial charge in [-0.1, -0.05) is 50.1 Å². The first-order valence-electron chi connectivity index (χ1n) is 6.31. The Balaban J connectivity index is 2.67. The molecule has 4 nitrogen and oxygen atoms in total. The van der Waals surface area contributed by atoms with E-state index in [0.717, 1.165) is 11.3 Å². The molecule has 2 rings (SSSR count). The second kappa shape index (κ2) is 4.94. The molecule has 0 unspecified atom stereocenters.